The Morgan fingerprint density at radius 2 is 2.12 bits per heavy atom. The zero-order valence-corrected chi connectivity index (χ0v) is 13.5. The SMILES string of the molecule is O=C(N[C@H]1CCCNC1=O)c1cc(-c2ccco2)nc2ccccc12. The number of benzene rings is 1. The Bertz CT molecular complexity index is 934. The highest BCUT2D eigenvalue weighted by molar-refractivity contribution is 6.08. The van der Waals surface area contributed by atoms with Crippen LogP contribution in [0, 0.1) is 0 Å². The molecule has 1 atom stereocenters. The van der Waals surface area contributed by atoms with Gasteiger partial charge in [-0.3, -0.25) is 9.59 Å². The van der Waals surface area contributed by atoms with Crippen LogP contribution in [0.25, 0.3) is 22.4 Å². The van der Waals surface area contributed by atoms with Crippen molar-refractivity contribution in [2.45, 2.75) is 18.9 Å². The molecule has 1 aliphatic heterocycles. The summed E-state index contributed by atoms with van der Waals surface area (Å²) in [5.41, 5.74) is 1.77. The summed E-state index contributed by atoms with van der Waals surface area (Å²) in [6, 6.07) is 12.2. The maximum absolute atomic E-state index is 12.8. The molecule has 1 aliphatic rings. The van der Waals surface area contributed by atoms with Gasteiger partial charge in [-0.05, 0) is 37.1 Å². The number of pyridine rings is 1. The molecule has 2 N–H and O–H groups in total. The quantitative estimate of drug-likeness (QED) is 0.770. The zero-order chi connectivity index (χ0) is 17.2. The normalized spacial score (nSPS) is 17.3. The molecular weight excluding hydrogens is 318 g/mol. The third kappa shape index (κ3) is 2.98. The average molecular weight is 335 g/mol. The van der Waals surface area contributed by atoms with E-state index in [9.17, 15) is 9.59 Å². The smallest absolute Gasteiger partial charge is 0.252 e. The Kier molecular flexibility index (Phi) is 3.93. The number of rotatable bonds is 3. The summed E-state index contributed by atoms with van der Waals surface area (Å²) in [7, 11) is 0. The summed E-state index contributed by atoms with van der Waals surface area (Å²) >= 11 is 0. The number of nitrogens with zero attached hydrogens (tertiary/aromatic N) is 1. The molecule has 0 bridgehead atoms. The second kappa shape index (κ2) is 6.39. The molecule has 1 saturated heterocycles. The number of furan rings is 1. The number of fused-ring (bicyclic) bond motifs is 1. The summed E-state index contributed by atoms with van der Waals surface area (Å²) in [6.07, 6.45) is 3.06. The van der Waals surface area contributed by atoms with Crippen molar-refractivity contribution >= 4 is 22.7 Å². The molecule has 126 valence electrons. The van der Waals surface area contributed by atoms with Gasteiger partial charge in [-0.15, -0.1) is 0 Å². The Labute approximate surface area is 144 Å². The number of hydrogen-bond donors (Lipinski definition) is 2. The van der Waals surface area contributed by atoms with Crippen molar-refractivity contribution in [1.29, 1.82) is 0 Å². The van der Waals surface area contributed by atoms with Crippen molar-refractivity contribution in [3.8, 4) is 11.5 Å². The average Bonchev–Trinajstić information content (AvgIpc) is 3.17. The third-order valence-corrected chi connectivity index (χ3v) is 4.33. The number of nitrogens with one attached hydrogen (secondary N) is 2. The molecule has 3 aromatic rings. The minimum Gasteiger partial charge on any atom is -0.463 e. The molecule has 0 radical (unpaired) electrons. The molecule has 4 rings (SSSR count). The Morgan fingerprint density at radius 3 is 2.92 bits per heavy atom. The second-order valence-corrected chi connectivity index (χ2v) is 6.01. The lowest BCUT2D eigenvalue weighted by Crippen LogP contribution is -2.50. The first-order valence-electron chi connectivity index (χ1n) is 8.24. The van der Waals surface area contributed by atoms with Crippen LogP contribution in [0.2, 0.25) is 0 Å². The molecule has 0 spiro atoms. The van der Waals surface area contributed by atoms with Crippen molar-refractivity contribution in [3.63, 3.8) is 0 Å². The van der Waals surface area contributed by atoms with Crippen molar-refractivity contribution in [1.82, 2.24) is 15.6 Å². The maximum atomic E-state index is 12.8. The van der Waals surface area contributed by atoms with E-state index in [0.717, 1.165) is 11.8 Å². The topological polar surface area (TPSA) is 84.2 Å². The molecule has 0 saturated carbocycles. The Hall–Kier alpha value is -3.15. The van der Waals surface area contributed by atoms with Crippen molar-refractivity contribution in [3.05, 3.63) is 54.3 Å². The van der Waals surface area contributed by atoms with Crippen LogP contribution < -0.4 is 10.6 Å². The lowest BCUT2D eigenvalue weighted by Gasteiger charge is -2.23. The van der Waals surface area contributed by atoms with Crippen molar-refractivity contribution < 1.29 is 14.0 Å². The fraction of sp³-hybridized carbons (Fsp3) is 0.211. The maximum Gasteiger partial charge on any atom is 0.252 e. The molecule has 2 aromatic heterocycles. The van der Waals surface area contributed by atoms with E-state index >= 15 is 0 Å². The van der Waals surface area contributed by atoms with E-state index < -0.39 is 6.04 Å². The number of carbonyl (C=O) groups is 2. The molecule has 25 heavy (non-hydrogen) atoms. The van der Waals surface area contributed by atoms with Gasteiger partial charge in [0.2, 0.25) is 5.91 Å². The van der Waals surface area contributed by atoms with Crippen LogP contribution in [0.4, 0.5) is 0 Å². The summed E-state index contributed by atoms with van der Waals surface area (Å²) in [5.74, 6) is 0.174. The number of carbonyl (C=O) groups excluding carboxylic acids is 2. The van der Waals surface area contributed by atoms with Gasteiger partial charge in [0.05, 0.1) is 17.3 Å². The Morgan fingerprint density at radius 1 is 1.24 bits per heavy atom. The van der Waals surface area contributed by atoms with Crippen LogP contribution in [0.5, 0.6) is 0 Å². The standard InChI is InChI=1S/C19H17N3O3/c23-18(22-15-7-3-9-20-19(15)24)13-11-16(17-8-4-10-25-17)21-14-6-2-1-5-12(13)14/h1-2,4-6,8,10-11,15H,3,7,9H2,(H,20,24)(H,22,23)/t15-/m0/s1. The van der Waals surface area contributed by atoms with Crippen LogP contribution in [-0.4, -0.2) is 29.4 Å². The number of aromatic nitrogens is 1. The van der Waals surface area contributed by atoms with E-state index in [4.69, 9.17) is 4.42 Å². The summed E-state index contributed by atoms with van der Waals surface area (Å²) in [4.78, 5) is 29.3. The third-order valence-electron chi connectivity index (χ3n) is 4.33. The van der Waals surface area contributed by atoms with Gasteiger partial charge in [0.15, 0.2) is 5.76 Å². The molecule has 3 heterocycles. The van der Waals surface area contributed by atoms with Gasteiger partial charge >= 0.3 is 0 Å². The largest absolute Gasteiger partial charge is 0.463 e. The lowest BCUT2D eigenvalue weighted by molar-refractivity contribution is -0.124. The predicted molar refractivity (Wildman–Crippen MR) is 92.9 cm³/mol. The highest BCUT2D eigenvalue weighted by Gasteiger charge is 2.25. The van der Waals surface area contributed by atoms with Gasteiger partial charge in [0.25, 0.3) is 5.91 Å². The van der Waals surface area contributed by atoms with Gasteiger partial charge in [-0.1, -0.05) is 18.2 Å². The summed E-state index contributed by atoms with van der Waals surface area (Å²) in [5, 5.41) is 6.36. The van der Waals surface area contributed by atoms with Gasteiger partial charge in [-0.2, -0.15) is 0 Å². The highest BCUT2D eigenvalue weighted by atomic mass is 16.3. The first-order valence-corrected chi connectivity index (χ1v) is 8.24. The fourth-order valence-electron chi connectivity index (χ4n) is 3.06. The minimum absolute atomic E-state index is 0.135. The Balaban J connectivity index is 1.74. The fourth-order valence-corrected chi connectivity index (χ4v) is 3.06. The number of amides is 2. The van der Waals surface area contributed by atoms with Crippen LogP contribution in [0.15, 0.2) is 53.1 Å². The predicted octanol–water partition coefficient (Wildman–Crippen LogP) is 2.50. The molecule has 2 amide bonds. The monoisotopic (exact) mass is 335 g/mol. The first-order chi connectivity index (χ1) is 12.2. The van der Waals surface area contributed by atoms with Crippen LogP contribution >= 0.6 is 0 Å². The zero-order valence-electron chi connectivity index (χ0n) is 13.5. The van der Waals surface area contributed by atoms with Crippen molar-refractivity contribution in [2.75, 3.05) is 6.54 Å². The molecule has 1 fully saturated rings. The van der Waals surface area contributed by atoms with E-state index in [1.54, 1.807) is 24.5 Å². The molecule has 0 aliphatic carbocycles. The molecule has 6 nitrogen and oxygen atoms in total. The van der Waals surface area contributed by atoms with Crippen LogP contribution in [0.3, 0.4) is 0 Å². The van der Waals surface area contributed by atoms with E-state index in [-0.39, 0.29) is 11.8 Å². The summed E-state index contributed by atoms with van der Waals surface area (Å²) in [6.45, 7) is 0.659. The molecule has 0 unspecified atom stereocenters. The minimum atomic E-state index is -0.500. The van der Waals surface area contributed by atoms with Crippen LogP contribution in [0.1, 0.15) is 23.2 Å². The van der Waals surface area contributed by atoms with Gasteiger partial charge < -0.3 is 15.1 Å². The molecular formula is C19H17N3O3. The van der Waals surface area contributed by atoms with E-state index in [2.05, 4.69) is 15.6 Å². The molecule has 6 heteroatoms. The van der Waals surface area contributed by atoms with Gasteiger partial charge in [0.1, 0.15) is 11.7 Å². The highest BCUT2D eigenvalue weighted by Crippen LogP contribution is 2.25. The van der Waals surface area contributed by atoms with Gasteiger partial charge in [-0.25, -0.2) is 4.98 Å². The van der Waals surface area contributed by atoms with Gasteiger partial charge in [0, 0.05) is 11.9 Å². The number of piperidine rings is 1. The van der Waals surface area contributed by atoms with E-state index in [1.807, 2.05) is 24.3 Å². The lowest BCUT2D eigenvalue weighted by atomic mass is 10.0. The van der Waals surface area contributed by atoms with E-state index in [1.165, 1.54) is 0 Å². The second-order valence-electron chi connectivity index (χ2n) is 6.01. The molecule has 1 aromatic carbocycles. The number of hydrogen-bond acceptors (Lipinski definition) is 4. The first kappa shape index (κ1) is 15.4. The number of para-hydroxylation sites is 1. The van der Waals surface area contributed by atoms with Crippen molar-refractivity contribution in [2.24, 2.45) is 0 Å². The summed E-state index contributed by atoms with van der Waals surface area (Å²) < 4.78 is 5.41. The van der Waals surface area contributed by atoms with Crippen LogP contribution in [-0.2, 0) is 4.79 Å². The van der Waals surface area contributed by atoms with E-state index in [0.29, 0.717) is 35.5 Å².